The van der Waals surface area contributed by atoms with Crippen molar-refractivity contribution in [1.82, 2.24) is 0 Å². The number of aromatic hydroxyl groups is 1. The number of hydrogen-bond acceptors (Lipinski definition) is 4. The molecular weight excluding hydrogens is 304 g/mol. The molecule has 6 heteroatoms. The molecule has 110 valence electrons. The quantitative estimate of drug-likeness (QED) is 0.437. The molecule has 0 unspecified atom stereocenters. The van der Waals surface area contributed by atoms with E-state index in [9.17, 15) is 13.5 Å². The van der Waals surface area contributed by atoms with Crippen molar-refractivity contribution in [2.75, 3.05) is 0 Å². The highest BCUT2D eigenvalue weighted by Gasteiger charge is 2.19. The van der Waals surface area contributed by atoms with E-state index >= 15 is 0 Å². The fourth-order valence-corrected chi connectivity index (χ4v) is 3.35. The highest BCUT2D eigenvalue weighted by molar-refractivity contribution is 7.81. The molecule has 5 nitrogen and oxygen atoms in total. The number of phenols is 1. The number of hydrogen-bond donors (Lipinski definition) is 2. The lowest BCUT2D eigenvalue weighted by Gasteiger charge is -2.14. The highest BCUT2D eigenvalue weighted by atomic mass is 32.3. The van der Waals surface area contributed by atoms with Gasteiger partial charge in [0.05, 0.1) is 0 Å². The Morgan fingerprint density at radius 2 is 1.50 bits per heavy atom. The van der Waals surface area contributed by atoms with Crippen LogP contribution in [-0.4, -0.2) is 18.1 Å². The monoisotopic (exact) mass is 314 g/mol. The second-order valence-electron chi connectivity index (χ2n) is 5.09. The Labute approximate surface area is 125 Å². The number of rotatable bonds is 2. The summed E-state index contributed by atoms with van der Waals surface area (Å²) in [5.74, 6) is -0.614. The van der Waals surface area contributed by atoms with Crippen LogP contribution >= 0.6 is 0 Å². The first-order valence-corrected chi connectivity index (χ1v) is 7.87. The van der Waals surface area contributed by atoms with Gasteiger partial charge in [-0.25, -0.2) is 0 Å². The summed E-state index contributed by atoms with van der Waals surface area (Å²) in [5.41, 5.74) is 0. The van der Waals surface area contributed by atoms with Gasteiger partial charge in [-0.15, -0.1) is 0 Å². The molecule has 0 radical (unpaired) electrons. The smallest absolute Gasteiger partial charge is 0.446 e. The molecule has 0 atom stereocenters. The Morgan fingerprint density at radius 3 is 2.18 bits per heavy atom. The molecule has 0 aliphatic heterocycles. The maximum absolute atomic E-state index is 11.0. The van der Waals surface area contributed by atoms with Crippen LogP contribution in [0, 0.1) is 0 Å². The first-order valence-electron chi connectivity index (χ1n) is 6.50. The van der Waals surface area contributed by atoms with Crippen molar-refractivity contribution < 1.29 is 22.3 Å². The summed E-state index contributed by atoms with van der Waals surface area (Å²) < 4.78 is 35.6. The van der Waals surface area contributed by atoms with Crippen LogP contribution in [0.3, 0.4) is 0 Å². The predicted molar refractivity (Wildman–Crippen MR) is 84.0 cm³/mol. The maximum atomic E-state index is 11.0. The summed E-state index contributed by atoms with van der Waals surface area (Å²) in [7, 11) is -4.73. The Kier molecular flexibility index (Phi) is 2.52. The topological polar surface area (TPSA) is 83.8 Å². The lowest BCUT2D eigenvalue weighted by atomic mass is 9.94. The SMILES string of the molecule is O=S(=O)(O)Oc1c(O)cc2ccc3cccc4ccc1c2c34. The van der Waals surface area contributed by atoms with E-state index in [4.69, 9.17) is 4.55 Å². The lowest BCUT2D eigenvalue weighted by molar-refractivity contribution is 0.373. The van der Waals surface area contributed by atoms with E-state index in [-0.39, 0.29) is 11.5 Å². The Balaban J connectivity index is 2.24. The van der Waals surface area contributed by atoms with Crippen molar-refractivity contribution in [1.29, 1.82) is 0 Å². The van der Waals surface area contributed by atoms with E-state index in [1.54, 1.807) is 6.07 Å². The summed E-state index contributed by atoms with van der Waals surface area (Å²) in [6.07, 6.45) is 0. The molecule has 22 heavy (non-hydrogen) atoms. The molecule has 0 saturated heterocycles. The molecule has 0 fully saturated rings. The molecule has 2 N–H and O–H groups in total. The number of phenolic OH excluding ortho intramolecular Hbond substituents is 1. The average Bonchev–Trinajstić information content (AvgIpc) is 2.46. The van der Waals surface area contributed by atoms with E-state index in [2.05, 4.69) is 4.18 Å². The van der Waals surface area contributed by atoms with Crippen LogP contribution in [0.1, 0.15) is 0 Å². The third-order valence-corrected chi connectivity index (χ3v) is 4.14. The van der Waals surface area contributed by atoms with Crippen LogP contribution < -0.4 is 4.18 Å². The predicted octanol–water partition coefficient (Wildman–Crippen LogP) is 3.47. The van der Waals surface area contributed by atoms with Gasteiger partial charge >= 0.3 is 10.4 Å². The Hall–Kier alpha value is -2.57. The second kappa shape index (κ2) is 4.22. The minimum Gasteiger partial charge on any atom is -0.504 e. The van der Waals surface area contributed by atoms with E-state index < -0.39 is 10.4 Å². The zero-order valence-electron chi connectivity index (χ0n) is 11.1. The summed E-state index contributed by atoms with van der Waals surface area (Å²) in [6, 6.07) is 14.6. The molecule has 4 aromatic carbocycles. The van der Waals surface area contributed by atoms with Gasteiger partial charge in [0.15, 0.2) is 11.5 Å². The normalized spacial score (nSPS) is 12.4. The maximum Gasteiger partial charge on any atom is 0.446 e. The van der Waals surface area contributed by atoms with Crippen molar-refractivity contribution >= 4 is 42.7 Å². The molecule has 0 saturated carbocycles. The minimum atomic E-state index is -4.73. The molecule has 0 aliphatic carbocycles. The fraction of sp³-hybridized carbons (Fsp3) is 0. The Bertz CT molecular complexity index is 1120. The van der Waals surface area contributed by atoms with Gasteiger partial charge in [0.25, 0.3) is 0 Å². The van der Waals surface area contributed by atoms with Gasteiger partial charge in [-0.3, -0.25) is 4.55 Å². The molecule has 0 aliphatic rings. The molecule has 0 aromatic heterocycles. The van der Waals surface area contributed by atoms with Gasteiger partial charge in [0.2, 0.25) is 0 Å². The molecule has 0 heterocycles. The van der Waals surface area contributed by atoms with Crippen molar-refractivity contribution in [3.63, 3.8) is 0 Å². The van der Waals surface area contributed by atoms with Gasteiger partial charge in [-0.1, -0.05) is 36.4 Å². The third-order valence-electron chi connectivity index (χ3n) is 3.77. The van der Waals surface area contributed by atoms with E-state index in [0.29, 0.717) is 5.39 Å². The van der Waals surface area contributed by atoms with Crippen molar-refractivity contribution in [2.24, 2.45) is 0 Å². The van der Waals surface area contributed by atoms with Crippen LogP contribution in [0.2, 0.25) is 0 Å². The molecular formula is C16H10O5S. The molecule has 0 amide bonds. The largest absolute Gasteiger partial charge is 0.504 e. The number of benzene rings is 4. The van der Waals surface area contributed by atoms with Gasteiger partial charge < -0.3 is 9.29 Å². The second-order valence-corrected chi connectivity index (χ2v) is 6.11. The zero-order chi connectivity index (χ0) is 15.5. The summed E-state index contributed by atoms with van der Waals surface area (Å²) in [5, 5.41) is 15.0. The summed E-state index contributed by atoms with van der Waals surface area (Å²) in [4.78, 5) is 0. The molecule has 4 aromatic rings. The molecule has 0 spiro atoms. The molecule has 0 bridgehead atoms. The molecule has 4 rings (SSSR count). The van der Waals surface area contributed by atoms with Gasteiger partial charge in [0.1, 0.15) is 0 Å². The van der Waals surface area contributed by atoms with Crippen molar-refractivity contribution in [3.8, 4) is 11.5 Å². The van der Waals surface area contributed by atoms with Gasteiger partial charge in [-0.2, -0.15) is 8.42 Å². The standard InChI is InChI=1S/C16H10O5S/c17-13-8-11-5-4-9-2-1-3-10-6-7-12(15(11)14(9)10)16(13)21-22(18,19)20/h1-8,17H,(H,18,19,20). The van der Waals surface area contributed by atoms with Crippen LogP contribution in [0.15, 0.2) is 48.5 Å². The zero-order valence-corrected chi connectivity index (χ0v) is 12.0. The first kappa shape index (κ1) is 13.1. The van der Waals surface area contributed by atoms with Crippen LogP contribution in [-0.2, 0) is 10.4 Å². The van der Waals surface area contributed by atoms with Crippen molar-refractivity contribution in [2.45, 2.75) is 0 Å². The average molecular weight is 314 g/mol. The minimum absolute atomic E-state index is 0.270. The summed E-state index contributed by atoms with van der Waals surface area (Å²) in [6.45, 7) is 0. The van der Waals surface area contributed by atoms with E-state index in [1.807, 2.05) is 36.4 Å². The Morgan fingerprint density at radius 1 is 0.864 bits per heavy atom. The lowest BCUT2D eigenvalue weighted by Crippen LogP contribution is -2.07. The van der Waals surface area contributed by atoms with Gasteiger partial charge in [0, 0.05) is 10.8 Å². The third kappa shape index (κ3) is 1.85. The van der Waals surface area contributed by atoms with Crippen LogP contribution in [0.4, 0.5) is 0 Å². The fourth-order valence-electron chi connectivity index (χ4n) is 2.96. The summed E-state index contributed by atoms with van der Waals surface area (Å²) >= 11 is 0. The van der Waals surface area contributed by atoms with Gasteiger partial charge in [-0.05, 0) is 33.7 Å². The highest BCUT2D eigenvalue weighted by Crippen LogP contribution is 2.43. The van der Waals surface area contributed by atoms with Crippen LogP contribution in [0.5, 0.6) is 11.5 Å². The first-order chi connectivity index (χ1) is 10.4. The van der Waals surface area contributed by atoms with E-state index in [1.165, 1.54) is 6.07 Å². The van der Waals surface area contributed by atoms with Crippen LogP contribution in [0.25, 0.3) is 32.3 Å². The van der Waals surface area contributed by atoms with Crippen molar-refractivity contribution in [3.05, 3.63) is 48.5 Å². The van der Waals surface area contributed by atoms with E-state index in [0.717, 1.165) is 26.9 Å².